The zero-order valence-corrected chi connectivity index (χ0v) is 11.8. The van der Waals surface area contributed by atoms with Gasteiger partial charge in [0.1, 0.15) is 0 Å². The molecule has 0 aromatic carbocycles. The minimum absolute atomic E-state index is 0.235. The van der Waals surface area contributed by atoms with Crippen molar-refractivity contribution < 1.29 is 5.11 Å². The molecule has 2 atom stereocenters. The van der Waals surface area contributed by atoms with Crippen LogP contribution in [0.4, 0.5) is 0 Å². The topological polar surface area (TPSA) is 50.5 Å². The average molecular weight is 253 g/mol. The van der Waals surface area contributed by atoms with Crippen LogP contribution in [0.1, 0.15) is 39.5 Å². The van der Waals surface area contributed by atoms with Crippen molar-refractivity contribution in [2.45, 2.75) is 51.7 Å². The standard InChI is InChI=1S/C14H27N3O/c1-3-14-12-16(8-6-4-5-7-15)9-10-17(14)11-13(2)18/h13-14,18H,3-6,8-12H2,1-2H3/t13-,14+/m0/s1. The first-order valence-electron chi connectivity index (χ1n) is 7.18. The Labute approximate surface area is 111 Å². The highest BCUT2D eigenvalue weighted by Gasteiger charge is 2.25. The second kappa shape index (κ2) is 8.47. The fourth-order valence-corrected chi connectivity index (χ4v) is 2.67. The first kappa shape index (κ1) is 15.4. The SMILES string of the molecule is CC[C@@H]1CN(CCCCC#N)CCN1C[C@H](C)O. The quantitative estimate of drug-likeness (QED) is 0.698. The Morgan fingerprint density at radius 1 is 1.39 bits per heavy atom. The van der Waals surface area contributed by atoms with E-state index in [9.17, 15) is 5.11 Å². The van der Waals surface area contributed by atoms with E-state index in [2.05, 4.69) is 22.8 Å². The Morgan fingerprint density at radius 2 is 2.17 bits per heavy atom. The number of aliphatic hydroxyl groups is 1. The van der Waals surface area contributed by atoms with Crippen LogP contribution < -0.4 is 0 Å². The zero-order valence-electron chi connectivity index (χ0n) is 11.8. The van der Waals surface area contributed by atoms with Crippen LogP contribution in [0.2, 0.25) is 0 Å². The van der Waals surface area contributed by atoms with Crippen molar-refractivity contribution in [3.05, 3.63) is 0 Å². The van der Waals surface area contributed by atoms with Crippen molar-refractivity contribution in [1.29, 1.82) is 5.26 Å². The summed E-state index contributed by atoms with van der Waals surface area (Å²) in [4.78, 5) is 4.92. The minimum atomic E-state index is -0.235. The molecule has 0 radical (unpaired) electrons. The largest absolute Gasteiger partial charge is 0.392 e. The third-order valence-corrected chi connectivity index (χ3v) is 3.67. The van der Waals surface area contributed by atoms with E-state index >= 15 is 0 Å². The third-order valence-electron chi connectivity index (χ3n) is 3.67. The van der Waals surface area contributed by atoms with Gasteiger partial charge in [0.05, 0.1) is 12.2 Å². The van der Waals surface area contributed by atoms with E-state index in [0.717, 1.165) is 52.0 Å². The molecule has 4 heteroatoms. The van der Waals surface area contributed by atoms with Gasteiger partial charge in [-0.2, -0.15) is 5.26 Å². The van der Waals surface area contributed by atoms with Crippen molar-refractivity contribution in [2.24, 2.45) is 0 Å². The number of hydrogen-bond acceptors (Lipinski definition) is 4. The molecule has 1 fully saturated rings. The smallest absolute Gasteiger partial charge is 0.0639 e. The Hall–Kier alpha value is -0.630. The summed E-state index contributed by atoms with van der Waals surface area (Å²) in [5.74, 6) is 0. The molecule has 1 aliphatic heterocycles. The maximum atomic E-state index is 9.50. The number of nitriles is 1. The molecule has 0 bridgehead atoms. The number of nitrogens with zero attached hydrogens (tertiary/aromatic N) is 3. The van der Waals surface area contributed by atoms with Crippen molar-refractivity contribution in [3.63, 3.8) is 0 Å². The molecule has 4 nitrogen and oxygen atoms in total. The zero-order chi connectivity index (χ0) is 13.4. The summed E-state index contributed by atoms with van der Waals surface area (Å²) in [7, 11) is 0. The fourth-order valence-electron chi connectivity index (χ4n) is 2.67. The molecule has 0 aliphatic carbocycles. The summed E-state index contributed by atoms with van der Waals surface area (Å²) in [6, 6.07) is 2.77. The second-order valence-corrected chi connectivity index (χ2v) is 5.32. The summed E-state index contributed by atoms with van der Waals surface area (Å²) in [6.07, 6.45) is 3.73. The van der Waals surface area contributed by atoms with Crippen LogP contribution in [0.3, 0.4) is 0 Å². The van der Waals surface area contributed by atoms with Gasteiger partial charge in [-0.25, -0.2) is 0 Å². The Kier molecular flexibility index (Phi) is 7.26. The summed E-state index contributed by atoms with van der Waals surface area (Å²) in [6.45, 7) is 9.24. The molecule has 1 saturated heterocycles. The molecule has 0 spiro atoms. The van der Waals surface area contributed by atoms with Gasteiger partial charge < -0.3 is 10.0 Å². The monoisotopic (exact) mass is 253 g/mol. The normalized spacial score (nSPS) is 23.8. The summed E-state index contributed by atoms with van der Waals surface area (Å²) in [5.41, 5.74) is 0. The van der Waals surface area contributed by atoms with Gasteiger partial charge in [0.2, 0.25) is 0 Å². The van der Waals surface area contributed by atoms with E-state index in [1.807, 2.05) is 6.92 Å². The van der Waals surface area contributed by atoms with Crippen molar-refractivity contribution in [1.82, 2.24) is 9.80 Å². The van der Waals surface area contributed by atoms with Crippen LogP contribution >= 0.6 is 0 Å². The van der Waals surface area contributed by atoms with E-state index in [1.54, 1.807) is 0 Å². The molecule has 0 aromatic rings. The lowest BCUT2D eigenvalue weighted by Gasteiger charge is -2.41. The van der Waals surface area contributed by atoms with Gasteiger partial charge in [-0.1, -0.05) is 6.92 Å². The molecule has 18 heavy (non-hydrogen) atoms. The number of unbranched alkanes of at least 4 members (excludes halogenated alkanes) is 2. The Morgan fingerprint density at radius 3 is 2.78 bits per heavy atom. The van der Waals surface area contributed by atoms with Gasteiger partial charge in [0.25, 0.3) is 0 Å². The molecule has 0 amide bonds. The van der Waals surface area contributed by atoms with Crippen molar-refractivity contribution >= 4 is 0 Å². The van der Waals surface area contributed by atoms with Gasteiger partial charge >= 0.3 is 0 Å². The van der Waals surface area contributed by atoms with E-state index in [4.69, 9.17) is 5.26 Å². The third kappa shape index (κ3) is 5.34. The van der Waals surface area contributed by atoms with Gasteiger partial charge in [-0.15, -0.1) is 0 Å². The number of β-amino-alcohol motifs (C(OH)–C–C–N with tert-alkyl or cyclic N) is 1. The predicted octanol–water partition coefficient (Wildman–Crippen LogP) is 1.46. The number of piperazine rings is 1. The van der Waals surface area contributed by atoms with Crippen LogP contribution in [0.25, 0.3) is 0 Å². The van der Waals surface area contributed by atoms with E-state index in [1.165, 1.54) is 0 Å². The van der Waals surface area contributed by atoms with Crippen LogP contribution in [0.15, 0.2) is 0 Å². The molecule has 1 N–H and O–H groups in total. The maximum absolute atomic E-state index is 9.50. The fraction of sp³-hybridized carbons (Fsp3) is 0.929. The highest BCUT2D eigenvalue weighted by atomic mass is 16.3. The Balaban J connectivity index is 2.29. The molecule has 104 valence electrons. The molecule has 1 rings (SSSR count). The molecule has 0 unspecified atom stereocenters. The highest BCUT2D eigenvalue weighted by molar-refractivity contribution is 4.82. The number of aliphatic hydroxyl groups excluding tert-OH is 1. The molecule has 0 saturated carbocycles. The molecular formula is C14H27N3O. The summed E-state index contributed by atoms with van der Waals surface area (Å²) >= 11 is 0. The van der Waals surface area contributed by atoms with Crippen LogP contribution in [0, 0.1) is 11.3 Å². The van der Waals surface area contributed by atoms with E-state index in [0.29, 0.717) is 12.5 Å². The molecular weight excluding hydrogens is 226 g/mol. The lowest BCUT2D eigenvalue weighted by molar-refractivity contribution is 0.0362. The molecule has 1 heterocycles. The number of rotatable bonds is 7. The van der Waals surface area contributed by atoms with E-state index in [-0.39, 0.29) is 6.10 Å². The van der Waals surface area contributed by atoms with Crippen LogP contribution in [0.5, 0.6) is 0 Å². The molecule has 1 aliphatic rings. The maximum Gasteiger partial charge on any atom is 0.0639 e. The van der Waals surface area contributed by atoms with Gasteiger partial charge in [-0.05, 0) is 32.7 Å². The molecule has 0 aromatic heterocycles. The van der Waals surface area contributed by atoms with E-state index < -0.39 is 0 Å². The summed E-state index contributed by atoms with van der Waals surface area (Å²) < 4.78 is 0. The van der Waals surface area contributed by atoms with Crippen LogP contribution in [-0.4, -0.2) is 59.8 Å². The minimum Gasteiger partial charge on any atom is -0.392 e. The lowest BCUT2D eigenvalue weighted by Crippen LogP contribution is -2.54. The first-order chi connectivity index (χ1) is 8.67. The van der Waals surface area contributed by atoms with Gasteiger partial charge in [0.15, 0.2) is 0 Å². The van der Waals surface area contributed by atoms with Gasteiger partial charge in [0, 0.05) is 38.6 Å². The second-order valence-electron chi connectivity index (χ2n) is 5.32. The summed E-state index contributed by atoms with van der Waals surface area (Å²) in [5, 5.41) is 18.0. The van der Waals surface area contributed by atoms with Crippen molar-refractivity contribution in [3.8, 4) is 6.07 Å². The average Bonchev–Trinajstić information content (AvgIpc) is 2.35. The Bertz CT molecular complexity index is 262. The lowest BCUT2D eigenvalue weighted by atomic mass is 10.1. The van der Waals surface area contributed by atoms with Gasteiger partial charge in [-0.3, -0.25) is 4.90 Å². The van der Waals surface area contributed by atoms with Crippen molar-refractivity contribution in [2.75, 3.05) is 32.7 Å². The number of hydrogen-bond donors (Lipinski definition) is 1. The van der Waals surface area contributed by atoms with Crippen LogP contribution in [-0.2, 0) is 0 Å². The predicted molar refractivity (Wildman–Crippen MR) is 73.2 cm³/mol. The first-order valence-corrected chi connectivity index (χ1v) is 7.18. The highest BCUT2D eigenvalue weighted by Crippen LogP contribution is 2.14.